The molecule has 42 heavy (non-hydrogen) atoms. The van der Waals surface area contributed by atoms with Gasteiger partial charge >= 0.3 is 11.8 Å². The van der Waals surface area contributed by atoms with Gasteiger partial charge in [-0.2, -0.15) is 4.68 Å². The molecule has 0 unspecified atom stereocenters. The van der Waals surface area contributed by atoms with Gasteiger partial charge in [0.15, 0.2) is 0 Å². The molecule has 1 heterocycles. The molecule has 10 heteroatoms. The summed E-state index contributed by atoms with van der Waals surface area (Å²) < 4.78 is 11.9. The number of benzene rings is 3. The Balaban J connectivity index is 0.000000231. The second-order valence-corrected chi connectivity index (χ2v) is 12.5. The molecule has 0 fully saturated rings. The lowest BCUT2D eigenvalue weighted by atomic mass is 9.95. The van der Waals surface area contributed by atoms with E-state index < -0.39 is 11.3 Å². The second-order valence-electron chi connectivity index (χ2n) is 11.7. The van der Waals surface area contributed by atoms with Crippen LogP contribution in [0, 0.1) is 6.92 Å². The summed E-state index contributed by atoms with van der Waals surface area (Å²) >= 11 is 12.3. The van der Waals surface area contributed by atoms with Gasteiger partial charge in [-0.3, -0.25) is 0 Å². The van der Waals surface area contributed by atoms with Crippen LogP contribution in [0.5, 0.6) is 5.75 Å². The summed E-state index contributed by atoms with van der Waals surface area (Å²) in [4.78, 5) is 24.1. The van der Waals surface area contributed by atoms with Crippen LogP contribution >= 0.6 is 23.2 Å². The lowest BCUT2D eigenvalue weighted by Crippen LogP contribution is -2.43. The number of aryl methyl sites for hydroxylation is 1. The number of halogens is 2. The van der Waals surface area contributed by atoms with Crippen molar-refractivity contribution < 1.29 is 13.9 Å². The fourth-order valence-electron chi connectivity index (χ4n) is 3.77. The zero-order valence-corrected chi connectivity index (χ0v) is 26.7. The summed E-state index contributed by atoms with van der Waals surface area (Å²) in [6.45, 7) is 15.4. The first-order chi connectivity index (χ1) is 19.6. The number of carbonyl (C=O) groups is 1. The van der Waals surface area contributed by atoms with Crippen molar-refractivity contribution >= 4 is 34.9 Å². The molecule has 3 aromatic carbocycles. The number of hydrogen-bond donors (Lipinski definition) is 2. The molecule has 0 atom stereocenters. The molecule has 1 aromatic heterocycles. The minimum Gasteiger partial charge on any atom is -0.489 e. The number of urea groups is 1. The van der Waals surface area contributed by atoms with Gasteiger partial charge < -0.3 is 19.8 Å². The maximum atomic E-state index is 12.1. The zero-order chi connectivity index (χ0) is 31.2. The van der Waals surface area contributed by atoms with Gasteiger partial charge in [0, 0.05) is 17.2 Å². The molecule has 0 radical (unpaired) electrons. The van der Waals surface area contributed by atoms with E-state index >= 15 is 0 Å². The average Bonchev–Trinajstić information content (AvgIpc) is 3.29. The fourth-order valence-corrected chi connectivity index (χ4v) is 4.28. The smallest absolute Gasteiger partial charge is 0.442 e. The van der Waals surface area contributed by atoms with Gasteiger partial charge in [-0.05, 0) is 58.4 Å². The standard InChI is InChI=1S/C17H20N2O.C15H18Cl2N2O3/c1-13-9-11-15(12-10-13)18-16(20)19-17(2,3)14-7-5-4-6-8-14;1-8(2)21-12-7-11(9(16)6-10(12)17)19-14(20)22-13(18-19)15(3,4)5/h4-12H,1-3H3,(H2,18,19,20);6-8H,1-5H3. The van der Waals surface area contributed by atoms with E-state index in [-0.39, 0.29) is 22.6 Å². The quantitative estimate of drug-likeness (QED) is 0.228. The first kappa shape index (κ1) is 32.8. The SMILES string of the molecule is CC(C)Oc1cc(-n2nc(C(C)(C)C)oc2=O)c(Cl)cc1Cl.Cc1ccc(NC(=O)NC(C)(C)c2ccccc2)cc1. The molecule has 4 rings (SSSR count). The Hall–Kier alpha value is -3.75. The number of carbonyl (C=O) groups excluding carboxylic acids is 1. The zero-order valence-electron chi connectivity index (χ0n) is 25.2. The van der Waals surface area contributed by atoms with E-state index in [1.807, 2.05) is 110 Å². The van der Waals surface area contributed by atoms with Crippen LogP contribution < -0.4 is 21.1 Å². The molecule has 0 bridgehead atoms. The lowest BCUT2D eigenvalue weighted by molar-refractivity contribution is 0.241. The van der Waals surface area contributed by atoms with E-state index in [1.54, 1.807) is 6.07 Å². The van der Waals surface area contributed by atoms with Crippen LogP contribution in [-0.2, 0) is 11.0 Å². The second kappa shape index (κ2) is 13.5. The fraction of sp³-hybridized carbons (Fsp3) is 0.344. The third kappa shape index (κ3) is 8.87. The van der Waals surface area contributed by atoms with E-state index in [0.29, 0.717) is 22.4 Å². The average molecular weight is 614 g/mol. The Morgan fingerprint density at radius 2 is 1.57 bits per heavy atom. The van der Waals surface area contributed by atoms with E-state index in [4.69, 9.17) is 32.4 Å². The van der Waals surface area contributed by atoms with Gasteiger partial charge in [0.2, 0.25) is 5.89 Å². The first-order valence-electron chi connectivity index (χ1n) is 13.5. The molecule has 0 aliphatic rings. The molecular weight excluding hydrogens is 575 g/mol. The number of hydrogen-bond acceptors (Lipinski definition) is 5. The number of anilines is 1. The highest BCUT2D eigenvalue weighted by molar-refractivity contribution is 6.36. The number of nitrogens with one attached hydrogen (secondary N) is 2. The topological polar surface area (TPSA) is 98.4 Å². The van der Waals surface area contributed by atoms with Crippen LogP contribution in [0.2, 0.25) is 10.0 Å². The lowest BCUT2D eigenvalue weighted by Gasteiger charge is -2.27. The third-order valence-corrected chi connectivity index (χ3v) is 6.61. The highest BCUT2D eigenvalue weighted by Gasteiger charge is 2.25. The first-order valence-corrected chi connectivity index (χ1v) is 14.3. The van der Waals surface area contributed by atoms with Crippen LogP contribution in [0.1, 0.15) is 65.5 Å². The van der Waals surface area contributed by atoms with Crippen LogP contribution in [0.25, 0.3) is 5.69 Å². The Bertz CT molecular complexity index is 1550. The van der Waals surface area contributed by atoms with Gasteiger partial charge in [-0.15, -0.1) is 5.10 Å². The summed E-state index contributed by atoms with van der Waals surface area (Å²) in [5.41, 5.74) is 2.58. The highest BCUT2D eigenvalue weighted by Crippen LogP contribution is 2.33. The Morgan fingerprint density at radius 1 is 0.952 bits per heavy atom. The summed E-state index contributed by atoms with van der Waals surface area (Å²) in [5.74, 6) is 0.155. The van der Waals surface area contributed by atoms with Gasteiger partial charge in [0.25, 0.3) is 0 Å². The number of nitrogens with zero attached hydrogens (tertiary/aromatic N) is 2. The molecule has 8 nitrogen and oxygen atoms in total. The van der Waals surface area contributed by atoms with Gasteiger partial charge in [0.1, 0.15) is 5.75 Å². The molecule has 0 saturated carbocycles. The minimum atomic E-state index is -0.607. The van der Waals surface area contributed by atoms with Crippen molar-refractivity contribution in [3.63, 3.8) is 0 Å². The van der Waals surface area contributed by atoms with Crippen LogP contribution in [0.15, 0.2) is 75.9 Å². The van der Waals surface area contributed by atoms with Crippen molar-refractivity contribution in [2.75, 3.05) is 5.32 Å². The van der Waals surface area contributed by atoms with E-state index in [1.165, 1.54) is 11.6 Å². The number of amides is 2. The Morgan fingerprint density at radius 3 is 2.12 bits per heavy atom. The summed E-state index contributed by atoms with van der Waals surface area (Å²) in [7, 11) is 0. The van der Waals surface area contributed by atoms with Crippen molar-refractivity contribution in [1.82, 2.24) is 15.1 Å². The normalized spacial score (nSPS) is 11.5. The summed E-state index contributed by atoms with van der Waals surface area (Å²) in [5, 5.41) is 10.7. The van der Waals surface area contributed by atoms with E-state index in [0.717, 1.165) is 15.9 Å². The molecule has 0 saturated heterocycles. The van der Waals surface area contributed by atoms with E-state index in [9.17, 15) is 9.59 Å². The Labute approximate surface area is 257 Å². The summed E-state index contributed by atoms with van der Waals surface area (Å²) in [6, 6.07) is 20.5. The molecule has 224 valence electrons. The van der Waals surface area contributed by atoms with E-state index in [2.05, 4.69) is 15.7 Å². The predicted octanol–water partition coefficient (Wildman–Crippen LogP) is 8.27. The van der Waals surface area contributed by atoms with Crippen LogP contribution in [0.3, 0.4) is 0 Å². The minimum absolute atomic E-state index is 0.0642. The van der Waals surface area contributed by atoms with Crippen molar-refractivity contribution in [3.8, 4) is 11.4 Å². The van der Waals surface area contributed by atoms with Crippen LogP contribution in [-0.4, -0.2) is 21.9 Å². The molecule has 2 amide bonds. The van der Waals surface area contributed by atoms with Crippen molar-refractivity contribution in [3.05, 3.63) is 104 Å². The Kier molecular flexibility index (Phi) is 10.5. The largest absolute Gasteiger partial charge is 0.489 e. The number of rotatable bonds is 6. The monoisotopic (exact) mass is 612 g/mol. The van der Waals surface area contributed by atoms with Gasteiger partial charge in [-0.1, -0.05) is 92.0 Å². The number of aromatic nitrogens is 2. The third-order valence-electron chi connectivity index (χ3n) is 6.01. The summed E-state index contributed by atoms with van der Waals surface area (Å²) in [6.07, 6.45) is -0.0642. The molecule has 0 aliphatic heterocycles. The van der Waals surface area contributed by atoms with Crippen LogP contribution in [0.4, 0.5) is 10.5 Å². The molecule has 4 aromatic rings. The molecule has 2 N–H and O–H groups in total. The number of ether oxygens (including phenoxy) is 1. The maximum absolute atomic E-state index is 12.1. The molecular formula is C32H38Cl2N4O4. The van der Waals surface area contributed by atoms with Gasteiger partial charge in [-0.25, -0.2) is 9.59 Å². The van der Waals surface area contributed by atoms with Crippen molar-refractivity contribution in [1.29, 1.82) is 0 Å². The predicted molar refractivity (Wildman–Crippen MR) is 169 cm³/mol. The molecule has 0 aliphatic carbocycles. The molecule has 0 spiro atoms. The highest BCUT2D eigenvalue weighted by atomic mass is 35.5. The van der Waals surface area contributed by atoms with Gasteiger partial charge in [0.05, 0.1) is 27.4 Å². The van der Waals surface area contributed by atoms with Crippen molar-refractivity contribution in [2.24, 2.45) is 0 Å². The van der Waals surface area contributed by atoms with Crippen molar-refractivity contribution in [2.45, 2.75) is 72.4 Å². The maximum Gasteiger partial charge on any atom is 0.442 e.